The first-order valence-corrected chi connectivity index (χ1v) is 10.4. The van der Waals surface area contributed by atoms with Gasteiger partial charge in [0.2, 0.25) is 0 Å². The summed E-state index contributed by atoms with van der Waals surface area (Å²) in [5.74, 6) is 0. The van der Waals surface area contributed by atoms with Gasteiger partial charge in [-0.3, -0.25) is 4.90 Å². The molecule has 2 aromatic rings. The molecule has 1 atom stereocenters. The third kappa shape index (κ3) is 4.05. The lowest BCUT2D eigenvalue weighted by atomic mass is 9.74. The van der Waals surface area contributed by atoms with Crippen LogP contribution in [-0.4, -0.2) is 47.4 Å². The maximum atomic E-state index is 10.1. The fraction of sp³-hybridized carbons (Fsp3) is 0.650. The molecule has 4 rings (SSSR count). The summed E-state index contributed by atoms with van der Waals surface area (Å²) >= 11 is 1.80. The second kappa shape index (κ2) is 7.70. The summed E-state index contributed by atoms with van der Waals surface area (Å²) in [4.78, 5) is 7.26. The number of thiazole rings is 1. The summed E-state index contributed by atoms with van der Waals surface area (Å²) in [7, 11) is 0. The van der Waals surface area contributed by atoms with Crippen LogP contribution >= 0.6 is 11.3 Å². The highest BCUT2D eigenvalue weighted by Gasteiger charge is 2.37. The highest BCUT2D eigenvalue weighted by Crippen LogP contribution is 2.38. The summed E-state index contributed by atoms with van der Waals surface area (Å²) in [5, 5.41) is 11.3. The van der Waals surface area contributed by atoms with Crippen molar-refractivity contribution in [3.63, 3.8) is 0 Å². The van der Waals surface area contributed by atoms with E-state index < -0.39 is 0 Å². The van der Waals surface area contributed by atoms with Crippen LogP contribution in [0.5, 0.6) is 0 Å². The molecule has 2 aliphatic rings. The number of benzene rings is 1. The summed E-state index contributed by atoms with van der Waals surface area (Å²) in [5.41, 5.74) is 1.17. The summed E-state index contributed by atoms with van der Waals surface area (Å²) in [6.45, 7) is 4.21. The quantitative estimate of drug-likeness (QED) is 0.880. The number of aromatic nitrogens is 1. The van der Waals surface area contributed by atoms with Crippen molar-refractivity contribution in [2.75, 3.05) is 26.3 Å². The molecule has 0 aliphatic carbocycles. The number of ether oxygens (including phenoxy) is 1. The third-order valence-corrected chi connectivity index (χ3v) is 6.90. The van der Waals surface area contributed by atoms with E-state index >= 15 is 0 Å². The Balaban J connectivity index is 1.34. The van der Waals surface area contributed by atoms with Crippen LogP contribution in [-0.2, 0) is 11.3 Å². The molecule has 2 aliphatic heterocycles. The lowest BCUT2D eigenvalue weighted by molar-refractivity contribution is -0.0486. The number of rotatable bonds is 5. The maximum absolute atomic E-state index is 10.1. The zero-order valence-electron chi connectivity index (χ0n) is 14.8. The molecular weight excluding hydrogens is 332 g/mol. The minimum absolute atomic E-state index is 0.0616. The van der Waals surface area contributed by atoms with Gasteiger partial charge in [-0.15, -0.1) is 11.3 Å². The van der Waals surface area contributed by atoms with Crippen LogP contribution in [0.25, 0.3) is 10.2 Å². The Morgan fingerprint density at radius 1 is 1.24 bits per heavy atom. The molecule has 0 saturated carbocycles. The highest BCUT2D eigenvalue weighted by atomic mass is 32.1. The molecule has 0 unspecified atom stereocenters. The number of piperidine rings is 1. The molecule has 0 spiro atoms. The van der Waals surface area contributed by atoms with Crippen LogP contribution in [0.15, 0.2) is 24.3 Å². The van der Waals surface area contributed by atoms with E-state index in [0.29, 0.717) is 12.7 Å². The number of hydrogen-bond acceptors (Lipinski definition) is 5. The van der Waals surface area contributed by atoms with E-state index in [0.717, 1.165) is 57.4 Å². The second-order valence-electron chi connectivity index (χ2n) is 7.70. The largest absolute Gasteiger partial charge is 0.396 e. The third-order valence-electron chi connectivity index (χ3n) is 5.88. The zero-order chi connectivity index (χ0) is 17.1. The van der Waals surface area contributed by atoms with Crippen LogP contribution in [0.1, 0.15) is 43.5 Å². The smallest absolute Gasteiger partial charge is 0.108 e. The first-order chi connectivity index (χ1) is 12.3. The van der Waals surface area contributed by atoms with Gasteiger partial charge < -0.3 is 9.84 Å². The first-order valence-electron chi connectivity index (χ1n) is 9.56. The monoisotopic (exact) mass is 360 g/mol. The van der Waals surface area contributed by atoms with Gasteiger partial charge in [-0.05, 0) is 69.2 Å². The first kappa shape index (κ1) is 17.4. The van der Waals surface area contributed by atoms with Gasteiger partial charge in [0.1, 0.15) is 5.01 Å². The number of hydrogen-bond donors (Lipinski definition) is 1. The van der Waals surface area contributed by atoms with E-state index in [4.69, 9.17) is 9.72 Å². The van der Waals surface area contributed by atoms with Crippen LogP contribution in [0, 0.1) is 5.41 Å². The van der Waals surface area contributed by atoms with Crippen molar-refractivity contribution in [2.45, 2.75) is 51.2 Å². The SMILES string of the molecule is OCC1(C[C@@H]2CCCCO2)CCN(Cc2nc3ccccc3s2)CC1. The minimum atomic E-state index is 0.0616. The zero-order valence-corrected chi connectivity index (χ0v) is 15.6. The summed E-state index contributed by atoms with van der Waals surface area (Å²) in [6, 6.07) is 8.37. The Morgan fingerprint density at radius 2 is 2.08 bits per heavy atom. The molecule has 3 heterocycles. The van der Waals surface area contributed by atoms with Crippen LogP contribution in [0.3, 0.4) is 0 Å². The molecule has 0 bridgehead atoms. The number of aliphatic hydroxyl groups excluding tert-OH is 1. The van der Waals surface area contributed by atoms with E-state index in [2.05, 4.69) is 29.2 Å². The minimum Gasteiger partial charge on any atom is -0.396 e. The second-order valence-corrected chi connectivity index (χ2v) is 8.82. The molecule has 5 heteroatoms. The maximum Gasteiger partial charge on any atom is 0.108 e. The van der Waals surface area contributed by atoms with E-state index in [9.17, 15) is 5.11 Å². The number of likely N-dealkylation sites (tertiary alicyclic amines) is 1. The lowest BCUT2D eigenvalue weighted by Crippen LogP contribution is -2.44. The normalized spacial score (nSPS) is 24.6. The molecule has 2 saturated heterocycles. The number of para-hydroxylation sites is 1. The molecule has 4 nitrogen and oxygen atoms in total. The predicted molar refractivity (Wildman–Crippen MR) is 102 cm³/mol. The Bertz CT molecular complexity index is 655. The van der Waals surface area contributed by atoms with E-state index in [1.54, 1.807) is 11.3 Å². The fourth-order valence-electron chi connectivity index (χ4n) is 4.24. The van der Waals surface area contributed by atoms with Crippen molar-refractivity contribution in [1.82, 2.24) is 9.88 Å². The average molecular weight is 361 g/mol. The fourth-order valence-corrected chi connectivity index (χ4v) is 5.25. The Kier molecular flexibility index (Phi) is 5.36. The molecule has 0 amide bonds. The molecule has 25 heavy (non-hydrogen) atoms. The molecule has 136 valence electrons. The predicted octanol–water partition coefficient (Wildman–Crippen LogP) is 3.83. The molecule has 1 N–H and O–H groups in total. The standard InChI is InChI=1S/C20H28N2O2S/c23-15-20(13-16-5-3-4-12-24-16)8-10-22(11-9-20)14-19-21-17-6-1-2-7-18(17)25-19/h1-2,6-7,16,23H,3-5,8-15H2/t16-/m0/s1. The lowest BCUT2D eigenvalue weighted by Gasteiger charge is -2.42. The van der Waals surface area contributed by atoms with E-state index in [1.165, 1.54) is 22.5 Å². The highest BCUT2D eigenvalue weighted by molar-refractivity contribution is 7.18. The van der Waals surface area contributed by atoms with Crippen molar-refractivity contribution in [2.24, 2.45) is 5.41 Å². The summed E-state index contributed by atoms with van der Waals surface area (Å²) in [6.07, 6.45) is 7.14. The van der Waals surface area contributed by atoms with Crippen molar-refractivity contribution in [3.8, 4) is 0 Å². The number of nitrogens with zero attached hydrogens (tertiary/aromatic N) is 2. The molecule has 0 radical (unpaired) electrons. The number of aliphatic hydroxyl groups is 1. The van der Waals surface area contributed by atoms with Gasteiger partial charge in [0.25, 0.3) is 0 Å². The molecular formula is C20H28N2O2S. The average Bonchev–Trinajstić information content (AvgIpc) is 3.07. The van der Waals surface area contributed by atoms with Gasteiger partial charge in [0.05, 0.1) is 22.9 Å². The Morgan fingerprint density at radius 3 is 2.80 bits per heavy atom. The molecule has 2 fully saturated rings. The van der Waals surface area contributed by atoms with Gasteiger partial charge in [-0.25, -0.2) is 4.98 Å². The summed E-state index contributed by atoms with van der Waals surface area (Å²) < 4.78 is 7.20. The van der Waals surface area contributed by atoms with Crippen molar-refractivity contribution in [3.05, 3.63) is 29.3 Å². The number of fused-ring (bicyclic) bond motifs is 1. The van der Waals surface area contributed by atoms with Gasteiger partial charge >= 0.3 is 0 Å². The van der Waals surface area contributed by atoms with Gasteiger partial charge in [0.15, 0.2) is 0 Å². The van der Waals surface area contributed by atoms with Crippen LogP contribution in [0.4, 0.5) is 0 Å². The molecule has 1 aromatic heterocycles. The Labute approximate surface area is 153 Å². The van der Waals surface area contributed by atoms with Gasteiger partial charge in [0, 0.05) is 13.2 Å². The molecule has 1 aromatic carbocycles. The van der Waals surface area contributed by atoms with Gasteiger partial charge in [-0.1, -0.05) is 12.1 Å². The van der Waals surface area contributed by atoms with Crippen molar-refractivity contribution >= 4 is 21.6 Å². The topological polar surface area (TPSA) is 45.6 Å². The van der Waals surface area contributed by atoms with E-state index in [1.807, 2.05) is 0 Å². The van der Waals surface area contributed by atoms with Gasteiger partial charge in [-0.2, -0.15) is 0 Å². The van der Waals surface area contributed by atoms with E-state index in [-0.39, 0.29) is 5.41 Å². The van der Waals surface area contributed by atoms with Crippen LogP contribution in [0.2, 0.25) is 0 Å². The van der Waals surface area contributed by atoms with Crippen molar-refractivity contribution < 1.29 is 9.84 Å². The van der Waals surface area contributed by atoms with Crippen molar-refractivity contribution in [1.29, 1.82) is 0 Å². The Hall–Kier alpha value is -1.01. The van der Waals surface area contributed by atoms with Crippen LogP contribution < -0.4 is 0 Å².